The molecule has 6 heteroatoms. The molecule has 0 fully saturated rings. The van der Waals surface area contributed by atoms with E-state index in [-0.39, 0.29) is 18.2 Å². The van der Waals surface area contributed by atoms with Crippen LogP contribution < -0.4 is 10.6 Å². The van der Waals surface area contributed by atoms with E-state index in [2.05, 4.69) is 40.4 Å². The molecule has 0 saturated heterocycles. The predicted molar refractivity (Wildman–Crippen MR) is 95.5 cm³/mol. The van der Waals surface area contributed by atoms with Gasteiger partial charge in [0.1, 0.15) is 11.4 Å². The smallest absolute Gasteiger partial charge is 0.407 e. The van der Waals surface area contributed by atoms with E-state index in [1.807, 2.05) is 32.9 Å². The molecule has 1 amide bonds. The van der Waals surface area contributed by atoms with Crippen LogP contribution in [0.5, 0.6) is 0 Å². The fourth-order valence-corrected chi connectivity index (χ4v) is 2.53. The lowest BCUT2D eigenvalue weighted by atomic mass is 10.1. The van der Waals surface area contributed by atoms with Crippen LogP contribution in [0.15, 0.2) is 21.2 Å². The lowest BCUT2D eigenvalue weighted by Gasteiger charge is -2.24. The maximum atomic E-state index is 11.8. The van der Waals surface area contributed by atoms with Gasteiger partial charge in [0.2, 0.25) is 0 Å². The summed E-state index contributed by atoms with van der Waals surface area (Å²) in [5.74, 6) is 0.871. The molecular weight excluding hydrogens is 360 g/mol. The highest BCUT2D eigenvalue weighted by molar-refractivity contribution is 9.10. The number of furan rings is 1. The van der Waals surface area contributed by atoms with Gasteiger partial charge in [0.05, 0.1) is 6.04 Å². The van der Waals surface area contributed by atoms with Gasteiger partial charge < -0.3 is 19.8 Å². The zero-order chi connectivity index (χ0) is 17.5. The van der Waals surface area contributed by atoms with E-state index in [1.54, 1.807) is 0 Å². The number of unbranched alkanes of at least 4 members (excludes halogenated alkanes) is 1. The first-order valence-electron chi connectivity index (χ1n) is 8.19. The molecule has 0 aliphatic heterocycles. The third-order valence-corrected chi connectivity index (χ3v) is 3.73. The first-order chi connectivity index (χ1) is 10.7. The van der Waals surface area contributed by atoms with Crippen molar-refractivity contribution >= 4 is 22.0 Å². The van der Waals surface area contributed by atoms with Gasteiger partial charge >= 0.3 is 6.09 Å². The maximum Gasteiger partial charge on any atom is 0.407 e. The number of rotatable bonds is 8. The van der Waals surface area contributed by atoms with Gasteiger partial charge in [-0.25, -0.2) is 4.79 Å². The molecular formula is C17H29BrN2O3. The molecule has 2 unspecified atom stereocenters. The van der Waals surface area contributed by atoms with Crippen molar-refractivity contribution < 1.29 is 13.9 Å². The van der Waals surface area contributed by atoms with E-state index in [4.69, 9.17) is 9.15 Å². The Bertz CT molecular complexity index is 482. The number of carbonyl (C=O) groups is 1. The van der Waals surface area contributed by atoms with Gasteiger partial charge in [0, 0.05) is 12.6 Å². The topological polar surface area (TPSA) is 63.5 Å². The zero-order valence-electron chi connectivity index (χ0n) is 14.7. The Hall–Kier alpha value is -1.01. The van der Waals surface area contributed by atoms with Crippen LogP contribution in [-0.2, 0) is 4.74 Å². The maximum absolute atomic E-state index is 11.8. The fraction of sp³-hybridized carbons (Fsp3) is 0.706. The van der Waals surface area contributed by atoms with E-state index in [0.29, 0.717) is 6.54 Å². The van der Waals surface area contributed by atoms with Crippen LogP contribution in [0.3, 0.4) is 0 Å². The van der Waals surface area contributed by atoms with E-state index >= 15 is 0 Å². The van der Waals surface area contributed by atoms with Gasteiger partial charge in [0.15, 0.2) is 4.67 Å². The average Bonchev–Trinajstić information content (AvgIpc) is 2.86. The normalized spacial score (nSPS) is 14.3. The number of halogens is 1. The summed E-state index contributed by atoms with van der Waals surface area (Å²) in [4.78, 5) is 11.8. The van der Waals surface area contributed by atoms with Crippen molar-refractivity contribution in [1.82, 2.24) is 10.6 Å². The number of alkyl carbamates (subject to hydrolysis) is 1. The van der Waals surface area contributed by atoms with E-state index < -0.39 is 5.60 Å². The van der Waals surface area contributed by atoms with Gasteiger partial charge in [0.25, 0.3) is 0 Å². The van der Waals surface area contributed by atoms with Crippen molar-refractivity contribution in [2.75, 3.05) is 6.54 Å². The second kappa shape index (κ2) is 9.33. The van der Waals surface area contributed by atoms with Crippen molar-refractivity contribution in [1.29, 1.82) is 0 Å². The van der Waals surface area contributed by atoms with Gasteiger partial charge in [-0.05, 0) is 62.2 Å². The highest BCUT2D eigenvalue weighted by atomic mass is 79.9. The molecule has 0 bridgehead atoms. The zero-order valence-corrected chi connectivity index (χ0v) is 16.3. The molecule has 2 atom stereocenters. The number of ether oxygens (including phenoxy) is 1. The van der Waals surface area contributed by atoms with E-state index in [9.17, 15) is 4.79 Å². The largest absolute Gasteiger partial charge is 0.453 e. The molecule has 23 heavy (non-hydrogen) atoms. The monoisotopic (exact) mass is 388 g/mol. The molecule has 0 spiro atoms. The summed E-state index contributed by atoms with van der Waals surface area (Å²) < 4.78 is 11.6. The molecule has 0 aliphatic carbocycles. The van der Waals surface area contributed by atoms with Crippen molar-refractivity contribution in [2.24, 2.45) is 0 Å². The second-order valence-corrected chi connectivity index (χ2v) is 7.53. The van der Waals surface area contributed by atoms with E-state index in [1.165, 1.54) is 0 Å². The number of nitrogens with one attached hydrogen (secondary N) is 2. The third kappa shape index (κ3) is 8.42. The number of hydrogen-bond donors (Lipinski definition) is 2. The highest BCUT2D eigenvalue weighted by Crippen LogP contribution is 2.21. The van der Waals surface area contributed by atoms with Gasteiger partial charge in [-0.15, -0.1) is 0 Å². The van der Waals surface area contributed by atoms with Crippen LogP contribution in [0.1, 0.15) is 65.7 Å². The molecule has 5 nitrogen and oxygen atoms in total. The van der Waals surface area contributed by atoms with Crippen molar-refractivity contribution in [3.63, 3.8) is 0 Å². The Morgan fingerprint density at radius 3 is 2.61 bits per heavy atom. The Kier molecular flexibility index (Phi) is 8.12. The van der Waals surface area contributed by atoms with Gasteiger partial charge in [-0.3, -0.25) is 0 Å². The average molecular weight is 389 g/mol. The van der Waals surface area contributed by atoms with Gasteiger partial charge in [-0.1, -0.05) is 19.8 Å². The van der Waals surface area contributed by atoms with Gasteiger partial charge in [-0.2, -0.15) is 0 Å². The standard InChI is InChI=1S/C17H29BrN2O3/c1-6-7-8-13(11-19-16(21)23-17(3,4)5)20-12(2)14-9-10-15(18)22-14/h9-10,12-13,20H,6-8,11H2,1-5H3,(H,19,21). The summed E-state index contributed by atoms with van der Waals surface area (Å²) in [6.45, 7) is 10.3. The number of carbonyl (C=O) groups excluding carboxylic acids is 1. The molecule has 1 aromatic rings. The number of hydrogen-bond acceptors (Lipinski definition) is 4. The highest BCUT2D eigenvalue weighted by Gasteiger charge is 2.19. The van der Waals surface area contributed by atoms with Crippen LogP contribution in [0, 0.1) is 0 Å². The van der Waals surface area contributed by atoms with Crippen molar-refractivity contribution in [3.8, 4) is 0 Å². The third-order valence-electron chi connectivity index (χ3n) is 3.30. The van der Waals surface area contributed by atoms with Crippen molar-refractivity contribution in [3.05, 3.63) is 22.6 Å². The minimum Gasteiger partial charge on any atom is -0.453 e. The summed E-state index contributed by atoms with van der Waals surface area (Å²) in [7, 11) is 0. The van der Waals surface area contributed by atoms with Crippen LogP contribution >= 0.6 is 15.9 Å². The van der Waals surface area contributed by atoms with Crippen LogP contribution in [0.25, 0.3) is 0 Å². The quantitative estimate of drug-likeness (QED) is 0.672. The lowest BCUT2D eigenvalue weighted by molar-refractivity contribution is 0.0520. The van der Waals surface area contributed by atoms with Crippen LogP contribution in [0.4, 0.5) is 4.79 Å². The molecule has 132 valence electrons. The van der Waals surface area contributed by atoms with Crippen LogP contribution in [-0.4, -0.2) is 24.3 Å². The Balaban J connectivity index is 2.53. The Morgan fingerprint density at radius 1 is 1.39 bits per heavy atom. The minimum atomic E-state index is -0.482. The fourth-order valence-electron chi connectivity index (χ4n) is 2.21. The van der Waals surface area contributed by atoms with Crippen molar-refractivity contribution in [2.45, 2.75) is 71.6 Å². The summed E-state index contributed by atoms with van der Waals surface area (Å²) in [6.07, 6.45) is 2.82. The molecule has 0 radical (unpaired) electrons. The summed E-state index contributed by atoms with van der Waals surface area (Å²) in [6, 6.07) is 4.07. The van der Waals surface area contributed by atoms with Crippen LogP contribution in [0.2, 0.25) is 0 Å². The summed E-state index contributed by atoms with van der Waals surface area (Å²) in [5.41, 5.74) is -0.482. The lowest BCUT2D eigenvalue weighted by Crippen LogP contribution is -2.43. The SMILES string of the molecule is CCCCC(CNC(=O)OC(C)(C)C)NC(C)c1ccc(Br)o1. The first-order valence-corrected chi connectivity index (χ1v) is 8.98. The molecule has 1 rings (SSSR count). The molecule has 0 saturated carbocycles. The first kappa shape index (κ1) is 20.0. The number of amides is 1. The molecule has 1 aromatic heterocycles. The minimum absolute atomic E-state index is 0.0728. The molecule has 1 heterocycles. The molecule has 0 aliphatic rings. The predicted octanol–water partition coefficient (Wildman–Crippen LogP) is 4.78. The Morgan fingerprint density at radius 2 is 2.09 bits per heavy atom. The van der Waals surface area contributed by atoms with E-state index in [0.717, 1.165) is 29.7 Å². The summed E-state index contributed by atoms with van der Waals surface area (Å²) in [5, 5.41) is 6.36. The Labute approximate surface area is 147 Å². The second-order valence-electron chi connectivity index (χ2n) is 6.75. The molecule has 0 aromatic carbocycles. The molecule has 2 N–H and O–H groups in total. The summed E-state index contributed by atoms with van der Waals surface area (Å²) >= 11 is 3.32.